The van der Waals surface area contributed by atoms with Gasteiger partial charge in [-0.05, 0) is 49.1 Å². The third kappa shape index (κ3) is 3.40. The zero-order chi connectivity index (χ0) is 17.9. The van der Waals surface area contributed by atoms with Gasteiger partial charge in [0.25, 0.3) is 5.91 Å². The summed E-state index contributed by atoms with van der Waals surface area (Å²) in [7, 11) is 0. The molecule has 4 rings (SSSR count). The lowest BCUT2D eigenvalue weighted by Gasteiger charge is -2.27. The van der Waals surface area contributed by atoms with Gasteiger partial charge in [-0.15, -0.1) is 0 Å². The molecule has 1 fully saturated rings. The largest absolute Gasteiger partial charge is 0.486 e. The van der Waals surface area contributed by atoms with Crippen molar-refractivity contribution < 1.29 is 19.0 Å². The summed E-state index contributed by atoms with van der Waals surface area (Å²) in [5.41, 5.74) is 2.99. The fourth-order valence-corrected chi connectivity index (χ4v) is 3.46. The minimum absolute atomic E-state index is 0.0201. The molecular formula is C21H23NO4. The van der Waals surface area contributed by atoms with Crippen molar-refractivity contribution in [1.82, 2.24) is 0 Å². The number of amides is 1. The molecule has 26 heavy (non-hydrogen) atoms. The van der Waals surface area contributed by atoms with Crippen molar-refractivity contribution in [2.45, 2.75) is 32.4 Å². The number of para-hydroxylation sites is 1. The Morgan fingerprint density at radius 3 is 2.65 bits per heavy atom. The molecule has 5 nitrogen and oxygen atoms in total. The topological polar surface area (TPSA) is 48.0 Å². The van der Waals surface area contributed by atoms with Crippen LogP contribution < -0.4 is 14.4 Å². The lowest BCUT2D eigenvalue weighted by molar-refractivity contribution is -0.127. The Bertz CT molecular complexity index is 798. The molecule has 2 heterocycles. The average molecular weight is 353 g/mol. The molecule has 0 aliphatic carbocycles. The Labute approximate surface area is 153 Å². The monoisotopic (exact) mass is 353 g/mol. The molecule has 2 aromatic rings. The fourth-order valence-electron chi connectivity index (χ4n) is 3.46. The van der Waals surface area contributed by atoms with Gasteiger partial charge in [-0.25, -0.2) is 0 Å². The third-order valence-corrected chi connectivity index (χ3v) is 4.82. The van der Waals surface area contributed by atoms with Crippen LogP contribution in [0.15, 0.2) is 42.5 Å². The number of anilines is 1. The van der Waals surface area contributed by atoms with E-state index in [0.717, 1.165) is 41.2 Å². The number of hydrogen-bond acceptors (Lipinski definition) is 4. The molecule has 0 saturated carbocycles. The third-order valence-electron chi connectivity index (χ3n) is 4.82. The van der Waals surface area contributed by atoms with Gasteiger partial charge >= 0.3 is 0 Å². The Kier molecular flexibility index (Phi) is 4.80. The van der Waals surface area contributed by atoms with Crippen molar-refractivity contribution in [2.24, 2.45) is 0 Å². The molecule has 0 unspecified atom stereocenters. The van der Waals surface area contributed by atoms with Gasteiger partial charge in [0.1, 0.15) is 19.3 Å². The first-order valence-electron chi connectivity index (χ1n) is 9.09. The summed E-state index contributed by atoms with van der Waals surface area (Å²) in [5, 5.41) is 0. The van der Waals surface area contributed by atoms with E-state index < -0.39 is 0 Å². The minimum Gasteiger partial charge on any atom is -0.486 e. The standard InChI is InChI=1S/C21H23NO4/c1-15-5-2-3-6-17(15)22(21(23)19-7-4-10-24-19)14-16-8-9-18-20(13-16)26-12-11-25-18/h2-3,5-6,8-9,13,19H,4,7,10-12,14H2,1H3/t19-/m0/s1. The normalized spacial score (nSPS) is 18.6. The molecule has 0 bridgehead atoms. The molecule has 2 aliphatic heterocycles. The predicted octanol–water partition coefficient (Wildman–Crippen LogP) is 3.48. The number of carbonyl (C=O) groups is 1. The summed E-state index contributed by atoms with van der Waals surface area (Å²) >= 11 is 0. The number of benzene rings is 2. The van der Waals surface area contributed by atoms with Gasteiger partial charge in [0.15, 0.2) is 11.5 Å². The summed E-state index contributed by atoms with van der Waals surface area (Å²) < 4.78 is 16.9. The first-order chi connectivity index (χ1) is 12.7. The SMILES string of the molecule is Cc1ccccc1N(Cc1ccc2c(c1)OCCO2)C(=O)[C@@H]1CCCO1. The van der Waals surface area contributed by atoms with Crippen molar-refractivity contribution in [1.29, 1.82) is 0 Å². The first kappa shape index (κ1) is 16.9. The molecule has 136 valence electrons. The van der Waals surface area contributed by atoms with E-state index in [1.165, 1.54) is 0 Å². The number of rotatable bonds is 4. The molecule has 1 atom stereocenters. The number of fused-ring (bicyclic) bond motifs is 1. The van der Waals surface area contributed by atoms with E-state index in [2.05, 4.69) is 0 Å². The second kappa shape index (κ2) is 7.38. The van der Waals surface area contributed by atoms with E-state index in [1.54, 1.807) is 0 Å². The van der Waals surface area contributed by atoms with Crippen LogP contribution in [0.25, 0.3) is 0 Å². The van der Waals surface area contributed by atoms with Gasteiger partial charge < -0.3 is 19.1 Å². The number of ether oxygens (including phenoxy) is 3. The van der Waals surface area contributed by atoms with Crippen LogP contribution >= 0.6 is 0 Å². The maximum Gasteiger partial charge on any atom is 0.256 e. The van der Waals surface area contributed by atoms with E-state index in [0.29, 0.717) is 26.4 Å². The second-order valence-corrected chi connectivity index (χ2v) is 6.69. The lowest BCUT2D eigenvalue weighted by Crippen LogP contribution is -2.39. The zero-order valence-corrected chi connectivity index (χ0v) is 14.9. The van der Waals surface area contributed by atoms with Crippen LogP contribution in [0, 0.1) is 6.92 Å². The summed E-state index contributed by atoms with van der Waals surface area (Å²) in [6, 6.07) is 13.8. The van der Waals surface area contributed by atoms with Crippen molar-refractivity contribution in [2.75, 3.05) is 24.7 Å². The van der Waals surface area contributed by atoms with E-state index in [-0.39, 0.29) is 12.0 Å². The highest BCUT2D eigenvalue weighted by molar-refractivity contribution is 5.97. The van der Waals surface area contributed by atoms with E-state index in [9.17, 15) is 4.79 Å². The van der Waals surface area contributed by atoms with Crippen molar-refractivity contribution in [3.63, 3.8) is 0 Å². The molecule has 0 N–H and O–H groups in total. The van der Waals surface area contributed by atoms with Crippen LogP contribution in [-0.2, 0) is 16.1 Å². The minimum atomic E-state index is -0.355. The molecule has 0 aromatic heterocycles. The molecule has 2 aliphatic rings. The summed E-state index contributed by atoms with van der Waals surface area (Å²) in [6.45, 7) is 4.27. The van der Waals surface area contributed by atoms with Crippen LogP contribution in [0.3, 0.4) is 0 Å². The van der Waals surface area contributed by atoms with Gasteiger partial charge in [0.05, 0.1) is 6.54 Å². The molecule has 0 spiro atoms. The number of carbonyl (C=O) groups excluding carboxylic acids is 1. The molecule has 1 saturated heterocycles. The van der Waals surface area contributed by atoms with Crippen molar-refractivity contribution in [3.8, 4) is 11.5 Å². The highest BCUT2D eigenvalue weighted by atomic mass is 16.6. The van der Waals surface area contributed by atoms with Crippen LogP contribution in [0.1, 0.15) is 24.0 Å². The van der Waals surface area contributed by atoms with E-state index >= 15 is 0 Å². The van der Waals surface area contributed by atoms with Gasteiger partial charge in [-0.3, -0.25) is 4.79 Å². The summed E-state index contributed by atoms with van der Waals surface area (Å²) in [6.07, 6.45) is 1.36. The highest BCUT2D eigenvalue weighted by Gasteiger charge is 2.30. The molecule has 5 heteroatoms. The maximum absolute atomic E-state index is 13.1. The van der Waals surface area contributed by atoms with Crippen molar-refractivity contribution >= 4 is 11.6 Å². The number of aryl methyl sites for hydroxylation is 1. The summed E-state index contributed by atoms with van der Waals surface area (Å²) in [4.78, 5) is 15.0. The summed E-state index contributed by atoms with van der Waals surface area (Å²) in [5.74, 6) is 1.52. The molecule has 1 amide bonds. The predicted molar refractivity (Wildman–Crippen MR) is 98.8 cm³/mol. The molecule has 2 aromatic carbocycles. The highest BCUT2D eigenvalue weighted by Crippen LogP contribution is 2.32. The maximum atomic E-state index is 13.1. The van der Waals surface area contributed by atoms with Crippen LogP contribution in [0.5, 0.6) is 11.5 Å². The number of hydrogen-bond donors (Lipinski definition) is 0. The van der Waals surface area contributed by atoms with E-state index in [4.69, 9.17) is 14.2 Å². The van der Waals surface area contributed by atoms with Crippen LogP contribution in [0.4, 0.5) is 5.69 Å². The smallest absolute Gasteiger partial charge is 0.256 e. The lowest BCUT2D eigenvalue weighted by atomic mass is 10.1. The quantitative estimate of drug-likeness (QED) is 0.844. The first-order valence-corrected chi connectivity index (χ1v) is 9.09. The fraction of sp³-hybridized carbons (Fsp3) is 0.381. The van der Waals surface area contributed by atoms with Gasteiger partial charge in [0.2, 0.25) is 0 Å². The molecular weight excluding hydrogens is 330 g/mol. The van der Waals surface area contributed by atoms with Gasteiger partial charge in [0, 0.05) is 12.3 Å². The Morgan fingerprint density at radius 1 is 1.08 bits per heavy atom. The van der Waals surface area contributed by atoms with Crippen molar-refractivity contribution in [3.05, 3.63) is 53.6 Å². The zero-order valence-electron chi connectivity index (χ0n) is 14.9. The van der Waals surface area contributed by atoms with Gasteiger partial charge in [-0.2, -0.15) is 0 Å². The van der Waals surface area contributed by atoms with Gasteiger partial charge in [-0.1, -0.05) is 24.3 Å². The average Bonchev–Trinajstić information content (AvgIpc) is 3.21. The molecule has 0 radical (unpaired) electrons. The van der Waals surface area contributed by atoms with Crippen LogP contribution in [-0.4, -0.2) is 31.8 Å². The second-order valence-electron chi connectivity index (χ2n) is 6.69. The number of nitrogens with zero attached hydrogens (tertiary/aromatic N) is 1. The van der Waals surface area contributed by atoms with E-state index in [1.807, 2.05) is 54.3 Å². The van der Waals surface area contributed by atoms with Crippen LogP contribution in [0.2, 0.25) is 0 Å². The Morgan fingerprint density at radius 2 is 1.88 bits per heavy atom. The Hall–Kier alpha value is -2.53. The Balaban J connectivity index is 1.64.